The van der Waals surface area contributed by atoms with Gasteiger partial charge in [-0.25, -0.2) is 13.1 Å². The second kappa shape index (κ2) is 5.96. The summed E-state index contributed by atoms with van der Waals surface area (Å²) in [5, 5.41) is 4.01. The van der Waals surface area contributed by atoms with Crippen molar-refractivity contribution >= 4 is 15.7 Å². The van der Waals surface area contributed by atoms with Crippen molar-refractivity contribution in [1.29, 1.82) is 0 Å². The first-order valence-electron chi connectivity index (χ1n) is 6.18. The maximum absolute atomic E-state index is 11.1. The van der Waals surface area contributed by atoms with Gasteiger partial charge in [0.25, 0.3) is 0 Å². The molecule has 0 bridgehead atoms. The minimum absolute atomic E-state index is 0.219. The molecule has 0 saturated heterocycles. The van der Waals surface area contributed by atoms with E-state index in [1.807, 2.05) is 24.3 Å². The van der Waals surface area contributed by atoms with Gasteiger partial charge in [0.15, 0.2) is 6.73 Å². The predicted molar refractivity (Wildman–Crippen MR) is 77.1 cm³/mol. The Hall–Kier alpha value is -2.02. The smallest absolute Gasteiger partial charge is 0.229 e. The zero-order chi connectivity index (χ0) is 14.6. The van der Waals surface area contributed by atoms with Gasteiger partial charge >= 0.3 is 0 Å². The van der Waals surface area contributed by atoms with Crippen LogP contribution < -0.4 is 9.46 Å². The van der Waals surface area contributed by atoms with E-state index in [-0.39, 0.29) is 6.73 Å². The zero-order valence-electron chi connectivity index (χ0n) is 11.4. The first-order valence-corrected chi connectivity index (χ1v) is 8.07. The largest absolute Gasteiger partial charge is 0.471 e. The molecule has 7 heteroatoms. The van der Waals surface area contributed by atoms with E-state index in [1.165, 1.54) is 16.4 Å². The minimum Gasteiger partial charge on any atom is -0.471 e. The normalized spacial score (nSPS) is 11.3. The van der Waals surface area contributed by atoms with Crippen LogP contribution in [0.4, 0.5) is 5.69 Å². The van der Waals surface area contributed by atoms with Crippen molar-refractivity contribution in [3.8, 4) is 5.75 Å². The Morgan fingerprint density at radius 2 is 2.00 bits per heavy atom. The third kappa shape index (κ3) is 4.27. The molecule has 0 spiro atoms. The standard InChI is InChI=1S/C13H17N3O3S/c1-3-11-4-6-13(7-5-11)19-10-16-9-12(8-14-16)15-20(2,17)18/h4-9,15H,3,10H2,1-2H3. The van der Waals surface area contributed by atoms with Gasteiger partial charge in [0, 0.05) is 0 Å². The Labute approximate surface area is 118 Å². The molecule has 0 aliphatic carbocycles. The van der Waals surface area contributed by atoms with Crippen molar-refractivity contribution in [1.82, 2.24) is 9.78 Å². The van der Waals surface area contributed by atoms with Gasteiger partial charge in [0.05, 0.1) is 24.3 Å². The summed E-state index contributed by atoms with van der Waals surface area (Å²) < 4.78 is 31.6. The van der Waals surface area contributed by atoms with Crippen molar-refractivity contribution in [3.05, 3.63) is 42.2 Å². The number of sulfonamides is 1. The Morgan fingerprint density at radius 3 is 2.60 bits per heavy atom. The van der Waals surface area contributed by atoms with Crippen LogP contribution in [0, 0.1) is 0 Å². The number of aryl methyl sites for hydroxylation is 1. The molecule has 1 heterocycles. The van der Waals surface area contributed by atoms with Crippen LogP contribution in [-0.4, -0.2) is 24.5 Å². The number of nitrogens with one attached hydrogen (secondary N) is 1. The number of benzene rings is 1. The Bertz CT molecular complexity index is 662. The van der Waals surface area contributed by atoms with Crippen LogP contribution in [-0.2, 0) is 23.2 Å². The van der Waals surface area contributed by atoms with Crippen molar-refractivity contribution in [2.75, 3.05) is 11.0 Å². The zero-order valence-corrected chi connectivity index (χ0v) is 12.2. The second-order valence-electron chi connectivity index (χ2n) is 4.41. The van der Waals surface area contributed by atoms with Crippen LogP contribution in [0.1, 0.15) is 12.5 Å². The molecule has 2 aromatic rings. The van der Waals surface area contributed by atoms with Crippen LogP contribution in [0.2, 0.25) is 0 Å². The molecule has 0 saturated carbocycles. The van der Waals surface area contributed by atoms with E-state index in [0.717, 1.165) is 18.4 Å². The second-order valence-corrected chi connectivity index (χ2v) is 6.16. The highest BCUT2D eigenvalue weighted by Crippen LogP contribution is 2.13. The van der Waals surface area contributed by atoms with Gasteiger partial charge < -0.3 is 4.74 Å². The topological polar surface area (TPSA) is 73.2 Å². The molecule has 1 aromatic heterocycles. The molecular weight excluding hydrogens is 278 g/mol. The number of ether oxygens (including phenoxy) is 1. The molecule has 1 N–H and O–H groups in total. The van der Waals surface area contributed by atoms with Gasteiger partial charge in [-0.2, -0.15) is 5.10 Å². The average Bonchev–Trinajstić information content (AvgIpc) is 2.82. The number of anilines is 1. The fourth-order valence-corrected chi connectivity index (χ4v) is 2.20. The summed E-state index contributed by atoms with van der Waals surface area (Å²) in [7, 11) is -3.28. The number of rotatable bonds is 6. The van der Waals surface area contributed by atoms with Gasteiger partial charge in [-0.05, 0) is 24.1 Å². The lowest BCUT2D eigenvalue weighted by Gasteiger charge is -2.06. The summed E-state index contributed by atoms with van der Waals surface area (Å²) in [5.41, 5.74) is 1.66. The lowest BCUT2D eigenvalue weighted by atomic mass is 10.2. The van der Waals surface area contributed by atoms with Crippen molar-refractivity contribution in [3.63, 3.8) is 0 Å². The molecule has 108 valence electrons. The summed E-state index contributed by atoms with van der Waals surface area (Å²) in [6.45, 7) is 2.31. The Kier molecular flexibility index (Phi) is 4.29. The molecule has 0 unspecified atom stereocenters. The Balaban J connectivity index is 1.93. The summed E-state index contributed by atoms with van der Waals surface area (Å²) in [4.78, 5) is 0. The summed E-state index contributed by atoms with van der Waals surface area (Å²) in [5.74, 6) is 0.746. The number of aromatic nitrogens is 2. The molecule has 0 atom stereocenters. The molecule has 0 fully saturated rings. The van der Waals surface area contributed by atoms with E-state index >= 15 is 0 Å². The summed E-state index contributed by atoms with van der Waals surface area (Å²) in [6.07, 6.45) is 5.09. The van der Waals surface area contributed by atoms with E-state index in [9.17, 15) is 8.42 Å². The lowest BCUT2D eigenvalue weighted by Crippen LogP contribution is -2.09. The molecule has 6 nitrogen and oxygen atoms in total. The van der Waals surface area contributed by atoms with E-state index in [2.05, 4.69) is 16.7 Å². The van der Waals surface area contributed by atoms with E-state index in [1.54, 1.807) is 6.20 Å². The minimum atomic E-state index is -3.28. The fraction of sp³-hybridized carbons (Fsp3) is 0.308. The molecule has 0 amide bonds. The highest BCUT2D eigenvalue weighted by atomic mass is 32.2. The number of nitrogens with zero attached hydrogens (tertiary/aromatic N) is 2. The van der Waals surface area contributed by atoms with Crippen molar-refractivity contribution in [2.45, 2.75) is 20.1 Å². The first kappa shape index (κ1) is 14.4. The van der Waals surface area contributed by atoms with Crippen LogP contribution in [0.3, 0.4) is 0 Å². The highest BCUT2D eigenvalue weighted by Gasteiger charge is 2.04. The van der Waals surface area contributed by atoms with E-state index in [0.29, 0.717) is 5.69 Å². The third-order valence-electron chi connectivity index (χ3n) is 2.63. The maximum atomic E-state index is 11.1. The highest BCUT2D eigenvalue weighted by molar-refractivity contribution is 7.92. The lowest BCUT2D eigenvalue weighted by molar-refractivity contribution is 0.221. The predicted octanol–water partition coefficient (Wildman–Crippen LogP) is 1.85. The van der Waals surface area contributed by atoms with Crippen LogP contribution in [0.15, 0.2) is 36.7 Å². The van der Waals surface area contributed by atoms with E-state index in [4.69, 9.17) is 4.74 Å². The molecule has 0 aliphatic heterocycles. The van der Waals surface area contributed by atoms with Crippen LogP contribution >= 0.6 is 0 Å². The third-order valence-corrected chi connectivity index (χ3v) is 3.24. The Morgan fingerprint density at radius 1 is 1.30 bits per heavy atom. The van der Waals surface area contributed by atoms with Crippen molar-refractivity contribution in [2.24, 2.45) is 0 Å². The quantitative estimate of drug-likeness (QED) is 0.882. The molecule has 0 aliphatic rings. The first-order chi connectivity index (χ1) is 9.46. The van der Waals surface area contributed by atoms with Gasteiger partial charge in [0.2, 0.25) is 10.0 Å². The van der Waals surface area contributed by atoms with Crippen LogP contribution in [0.5, 0.6) is 5.75 Å². The SMILES string of the molecule is CCc1ccc(OCn2cc(NS(C)(=O)=O)cn2)cc1. The molecule has 1 aromatic carbocycles. The van der Waals surface area contributed by atoms with Gasteiger partial charge in [-0.1, -0.05) is 19.1 Å². The molecular formula is C13H17N3O3S. The number of hydrogen-bond donors (Lipinski definition) is 1. The molecule has 20 heavy (non-hydrogen) atoms. The maximum Gasteiger partial charge on any atom is 0.229 e. The number of hydrogen-bond acceptors (Lipinski definition) is 4. The van der Waals surface area contributed by atoms with E-state index < -0.39 is 10.0 Å². The van der Waals surface area contributed by atoms with Gasteiger partial charge in [-0.3, -0.25) is 4.72 Å². The van der Waals surface area contributed by atoms with Gasteiger partial charge in [0.1, 0.15) is 5.75 Å². The summed E-state index contributed by atoms with van der Waals surface area (Å²) in [6, 6.07) is 7.82. The average molecular weight is 295 g/mol. The summed E-state index contributed by atoms with van der Waals surface area (Å²) >= 11 is 0. The fourth-order valence-electron chi connectivity index (χ4n) is 1.66. The molecule has 0 radical (unpaired) electrons. The van der Waals surface area contributed by atoms with Crippen molar-refractivity contribution < 1.29 is 13.2 Å². The van der Waals surface area contributed by atoms with Crippen LogP contribution in [0.25, 0.3) is 0 Å². The molecule has 2 rings (SSSR count). The van der Waals surface area contributed by atoms with Gasteiger partial charge in [-0.15, -0.1) is 0 Å². The monoisotopic (exact) mass is 295 g/mol.